The lowest BCUT2D eigenvalue weighted by molar-refractivity contribution is -0.138. The Bertz CT molecular complexity index is 1160. The maximum absolute atomic E-state index is 14.1. The number of carbonyl (C=O) groups excluding carboxylic acids is 2. The molecule has 0 bridgehead atoms. The summed E-state index contributed by atoms with van der Waals surface area (Å²) in [4.78, 5) is 42.9. The smallest absolute Gasteiger partial charge is 0.332 e. The molecular weight excluding hydrogens is 465 g/mol. The molecule has 1 spiro atoms. The molecule has 2 aliphatic heterocycles. The molecule has 2 aromatic rings. The zero-order valence-corrected chi connectivity index (χ0v) is 20.8. The predicted molar refractivity (Wildman–Crippen MR) is 132 cm³/mol. The van der Waals surface area contributed by atoms with Crippen LogP contribution in [-0.4, -0.2) is 63.6 Å². The number of hydrogen-bond acceptors (Lipinski definition) is 5. The minimum Gasteiger partial charge on any atom is -0.491 e. The standard InChI is InChI=1S/C27H32FN3O5/c1-18(2)36-23-9-4-6-20(14-23)17-29-13-11-27(16-19(29)3)25(34)30(12-10-24(32)33)26(35)31(27)22-8-5-7-21(28)15-22/h4-9,14-15,18-19H,10-13,16-17H2,1-3H3,(H,32,33). The average Bonchev–Trinajstić information content (AvgIpc) is 2.99. The number of carbonyl (C=O) groups is 3. The first-order chi connectivity index (χ1) is 17.1. The number of likely N-dealkylation sites (tertiary alicyclic amines) is 1. The fraction of sp³-hybridized carbons (Fsp3) is 0.444. The van der Waals surface area contributed by atoms with Crippen molar-refractivity contribution >= 4 is 23.6 Å². The number of aliphatic carboxylic acids is 1. The summed E-state index contributed by atoms with van der Waals surface area (Å²) in [5.41, 5.74) is 0.183. The maximum atomic E-state index is 14.1. The van der Waals surface area contributed by atoms with E-state index in [1.54, 1.807) is 6.07 Å². The van der Waals surface area contributed by atoms with Crippen molar-refractivity contribution in [2.24, 2.45) is 0 Å². The van der Waals surface area contributed by atoms with Crippen molar-refractivity contribution in [3.05, 3.63) is 59.9 Å². The van der Waals surface area contributed by atoms with E-state index in [9.17, 15) is 18.8 Å². The van der Waals surface area contributed by atoms with Gasteiger partial charge in [-0.25, -0.2) is 9.18 Å². The highest BCUT2D eigenvalue weighted by atomic mass is 19.1. The molecule has 0 saturated carbocycles. The molecule has 0 radical (unpaired) electrons. The Morgan fingerprint density at radius 1 is 1.19 bits per heavy atom. The number of benzene rings is 2. The van der Waals surface area contributed by atoms with Crippen LogP contribution >= 0.6 is 0 Å². The lowest BCUT2D eigenvalue weighted by Crippen LogP contribution is -2.59. The number of amides is 3. The Balaban J connectivity index is 1.59. The van der Waals surface area contributed by atoms with E-state index < -0.39 is 29.3 Å². The van der Waals surface area contributed by atoms with E-state index >= 15 is 0 Å². The normalized spacial score (nSPS) is 22.6. The Morgan fingerprint density at radius 2 is 1.94 bits per heavy atom. The first-order valence-electron chi connectivity index (χ1n) is 12.2. The number of carboxylic acid groups (broad SMARTS) is 1. The highest BCUT2D eigenvalue weighted by Gasteiger charge is 2.59. The van der Waals surface area contributed by atoms with Crippen LogP contribution in [0.5, 0.6) is 5.75 Å². The molecule has 0 aliphatic carbocycles. The monoisotopic (exact) mass is 497 g/mol. The van der Waals surface area contributed by atoms with Crippen LogP contribution in [0.15, 0.2) is 48.5 Å². The Kier molecular flexibility index (Phi) is 7.31. The first kappa shape index (κ1) is 25.6. The summed E-state index contributed by atoms with van der Waals surface area (Å²) in [5, 5.41) is 9.12. The van der Waals surface area contributed by atoms with Gasteiger partial charge < -0.3 is 9.84 Å². The predicted octanol–water partition coefficient (Wildman–Crippen LogP) is 4.28. The van der Waals surface area contributed by atoms with Crippen LogP contribution in [0.3, 0.4) is 0 Å². The van der Waals surface area contributed by atoms with E-state index in [0.717, 1.165) is 16.2 Å². The highest BCUT2D eigenvalue weighted by molar-refractivity contribution is 6.17. The SMILES string of the molecule is CC(C)Oc1cccc(CN2CCC3(CC2C)C(=O)N(CCC(=O)O)C(=O)N3c2cccc(F)c2)c1. The van der Waals surface area contributed by atoms with E-state index in [4.69, 9.17) is 9.84 Å². The van der Waals surface area contributed by atoms with Crippen LogP contribution in [-0.2, 0) is 16.1 Å². The number of imide groups is 1. The Hall–Kier alpha value is -3.46. The average molecular weight is 498 g/mol. The zero-order valence-electron chi connectivity index (χ0n) is 20.8. The zero-order chi connectivity index (χ0) is 26.0. The Labute approximate surface area is 210 Å². The summed E-state index contributed by atoms with van der Waals surface area (Å²) in [5.74, 6) is -1.23. The molecule has 36 heavy (non-hydrogen) atoms. The van der Waals surface area contributed by atoms with Crippen LogP contribution in [0, 0.1) is 5.82 Å². The second kappa shape index (κ2) is 10.3. The Morgan fingerprint density at radius 3 is 2.61 bits per heavy atom. The molecular formula is C27H32FN3O5. The second-order valence-electron chi connectivity index (χ2n) is 9.82. The number of nitrogens with zero attached hydrogens (tertiary/aromatic N) is 3. The fourth-order valence-corrected chi connectivity index (χ4v) is 5.24. The van der Waals surface area contributed by atoms with Gasteiger partial charge in [0.15, 0.2) is 0 Å². The number of hydrogen-bond donors (Lipinski definition) is 1. The van der Waals surface area contributed by atoms with Crippen molar-refractivity contribution in [2.75, 3.05) is 18.0 Å². The number of anilines is 1. The molecule has 4 rings (SSSR count). The molecule has 8 nitrogen and oxygen atoms in total. The first-order valence-corrected chi connectivity index (χ1v) is 12.2. The van der Waals surface area contributed by atoms with Crippen LogP contribution in [0.4, 0.5) is 14.9 Å². The van der Waals surface area contributed by atoms with E-state index in [1.807, 2.05) is 45.0 Å². The molecule has 2 saturated heterocycles. The number of halogens is 1. The minimum atomic E-state index is -1.19. The van der Waals surface area contributed by atoms with Crippen LogP contribution in [0.1, 0.15) is 45.6 Å². The van der Waals surface area contributed by atoms with Gasteiger partial charge in [-0.2, -0.15) is 0 Å². The molecule has 2 unspecified atom stereocenters. The number of urea groups is 1. The van der Waals surface area contributed by atoms with Crippen molar-refractivity contribution in [1.29, 1.82) is 0 Å². The van der Waals surface area contributed by atoms with E-state index in [-0.39, 0.29) is 25.1 Å². The molecule has 2 atom stereocenters. The highest BCUT2D eigenvalue weighted by Crippen LogP contribution is 2.43. The number of piperidine rings is 1. The fourth-order valence-electron chi connectivity index (χ4n) is 5.24. The number of ether oxygens (including phenoxy) is 1. The van der Waals surface area contributed by atoms with Gasteiger partial charge in [0.25, 0.3) is 5.91 Å². The molecule has 3 amide bonds. The second-order valence-corrected chi connectivity index (χ2v) is 9.82. The summed E-state index contributed by atoms with van der Waals surface area (Å²) < 4.78 is 19.9. The van der Waals surface area contributed by atoms with Crippen molar-refractivity contribution < 1.29 is 28.6 Å². The van der Waals surface area contributed by atoms with Gasteiger partial charge in [0.2, 0.25) is 0 Å². The largest absolute Gasteiger partial charge is 0.491 e. The van der Waals surface area contributed by atoms with Crippen LogP contribution < -0.4 is 9.64 Å². The van der Waals surface area contributed by atoms with E-state index in [0.29, 0.717) is 31.6 Å². The molecule has 2 aliphatic rings. The lowest BCUT2D eigenvalue weighted by atomic mass is 9.81. The number of carboxylic acids is 1. The van der Waals surface area contributed by atoms with Gasteiger partial charge in [-0.05, 0) is 69.5 Å². The third kappa shape index (κ3) is 5.06. The minimum absolute atomic E-state index is 0.0674. The number of rotatable bonds is 8. The van der Waals surface area contributed by atoms with Gasteiger partial charge >= 0.3 is 12.0 Å². The van der Waals surface area contributed by atoms with E-state index in [2.05, 4.69) is 4.90 Å². The van der Waals surface area contributed by atoms with Gasteiger partial charge in [0, 0.05) is 31.4 Å². The molecule has 0 aromatic heterocycles. The van der Waals surface area contributed by atoms with Crippen molar-refractivity contribution in [3.8, 4) is 5.75 Å². The molecule has 2 aromatic carbocycles. The third-order valence-corrected chi connectivity index (χ3v) is 6.83. The summed E-state index contributed by atoms with van der Waals surface area (Å²) in [6.45, 7) is 6.93. The van der Waals surface area contributed by atoms with Crippen molar-refractivity contribution in [2.45, 2.75) is 64.3 Å². The van der Waals surface area contributed by atoms with Crippen molar-refractivity contribution in [3.63, 3.8) is 0 Å². The van der Waals surface area contributed by atoms with Crippen LogP contribution in [0.2, 0.25) is 0 Å². The molecule has 2 fully saturated rings. The third-order valence-electron chi connectivity index (χ3n) is 6.83. The van der Waals surface area contributed by atoms with Crippen LogP contribution in [0.25, 0.3) is 0 Å². The van der Waals surface area contributed by atoms with Gasteiger partial charge in [-0.15, -0.1) is 0 Å². The quantitative estimate of drug-likeness (QED) is 0.548. The van der Waals surface area contributed by atoms with Crippen molar-refractivity contribution in [1.82, 2.24) is 9.80 Å². The summed E-state index contributed by atoms with van der Waals surface area (Å²) in [6, 6.07) is 12.9. The summed E-state index contributed by atoms with van der Waals surface area (Å²) in [6.07, 6.45) is 0.420. The van der Waals surface area contributed by atoms with Gasteiger partial charge in [-0.3, -0.25) is 24.3 Å². The lowest BCUT2D eigenvalue weighted by Gasteiger charge is -2.45. The molecule has 192 valence electrons. The molecule has 1 N–H and O–H groups in total. The molecule has 9 heteroatoms. The van der Waals surface area contributed by atoms with Gasteiger partial charge in [0.1, 0.15) is 17.1 Å². The van der Waals surface area contributed by atoms with E-state index in [1.165, 1.54) is 23.1 Å². The summed E-state index contributed by atoms with van der Waals surface area (Å²) >= 11 is 0. The maximum Gasteiger partial charge on any atom is 0.332 e. The topological polar surface area (TPSA) is 90.4 Å². The van der Waals surface area contributed by atoms with Gasteiger partial charge in [-0.1, -0.05) is 18.2 Å². The van der Waals surface area contributed by atoms with Gasteiger partial charge in [0.05, 0.1) is 12.5 Å². The summed E-state index contributed by atoms with van der Waals surface area (Å²) in [7, 11) is 0. The molecule has 2 heterocycles.